The van der Waals surface area contributed by atoms with Gasteiger partial charge in [-0.2, -0.15) is 11.8 Å². The van der Waals surface area contributed by atoms with Crippen LogP contribution in [0.2, 0.25) is 0 Å². The van der Waals surface area contributed by atoms with E-state index in [0.717, 1.165) is 29.9 Å². The predicted octanol–water partition coefficient (Wildman–Crippen LogP) is 2.36. The van der Waals surface area contributed by atoms with Crippen molar-refractivity contribution in [1.82, 2.24) is 0 Å². The molecule has 1 aromatic rings. The largest absolute Gasteiger partial charge is 0.469 e. The van der Waals surface area contributed by atoms with E-state index >= 15 is 0 Å². The van der Waals surface area contributed by atoms with E-state index in [1.807, 2.05) is 23.9 Å². The highest BCUT2D eigenvalue weighted by Gasteiger charge is 2.44. The van der Waals surface area contributed by atoms with Crippen LogP contribution in [0, 0.1) is 5.41 Å². The molecule has 1 saturated carbocycles. The van der Waals surface area contributed by atoms with Crippen LogP contribution in [0.5, 0.6) is 0 Å². The minimum atomic E-state index is -0.404. The number of hydrogen-bond acceptors (Lipinski definition) is 4. The molecule has 0 aliphatic heterocycles. The Hall–Kier alpha value is -1.49. The summed E-state index contributed by atoms with van der Waals surface area (Å²) in [6, 6.07) is 7.35. The second-order valence-electron chi connectivity index (χ2n) is 5.31. The first kappa shape index (κ1) is 14.9. The highest BCUT2D eigenvalue weighted by Crippen LogP contribution is 2.51. The molecule has 1 aliphatic rings. The fraction of sp³-hybridized carbons (Fsp3) is 0.467. The first-order chi connectivity index (χ1) is 9.54. The molecule has 0 heterocycles. The molecule has 108 valence electrons. The quantitative estimate of drug-likeness (QED) is 0.784. The fourth-order valence-electron chi connectivity index (χ4n) is 2.08. The number of carbonyl (C=O) groups is 2. The van der Waals surface area contributed by atoms with Crippen LogP contribution in [0.1, 0.15) is 35.2 Å². The van der Waals surface area contributed by atoms with Crippen molar-refractivity contribution < 1.29 is 14.3 Å². The zero-order valence-corrected chi connectivity index (χ0v) is 12.4. The van der Waals surface area contributed by atoms with E-state index in [4.69, 9.17) is 10.5 Å². The van der Waals surface area contributed by atoms with Crippen molar-refractivity contribution in [2.75, 3.05) is 12.9 Å². The molecule has 0 spiro atoms. The number of esters is 1. The van der Waals surface area contributed by atoms with Gasteiger partial charge in [-0.15, -0.1) is 0 Å². The fourth-order valence-corrected chi connectivity index (χ4v) is 3.43. The van der Waals surface area contributed by atoms with Gasteiger partial charge in [-0.1, -0.05) is 12.1 Å². The Morgan fingerprint density at radius 3 is 2.45 bits per heavy atom. The van der Waals surface area contributed by atoms with Gasteiger partial charge in [0.1, 0.15) is 0 Å². The molecule has 20 heavy (non-hydrogen) atoms. The number of nitrogens with two attached hydrogens (primary N) is 1. The Bertz CT molecular complexity index is 494. The van der Waals surface area contributed by atoms with Crippen molar-refractivity contribution in [3.8, 4) is 0 Å². The van der Waals surface area contributed by atoms with E-state index in [2.05, 4.69) is 0 Å². The van der Waals surface area contributed by atoms with Gasteiger partial charge in [0.05, 0.1) is 13.5 Å². The molecule has 5 heteroatoms. The van der Waals surface area contributed by atoms with Crippen molar-refractivity contribution in [3.05, 3.63) is 35.4 Å². The van der Waals surface area contributed by atoms with E-state index in [1.165, 1.54) is 7.11 Å². The summed E-state index contributed by atoms with van der Waals surface area (Å²) in [4.78, 5) is 22.3. The third-order valence-electron chi connectivity index (χ3n) is 3.62. The van der Waals surface area contributed by atoms with E-state index in [0.29, 0.717) is 12.0 Å². The highest BCUT2D eigenvalue weighted by atomic mass is 32.2. The second-order valence-corrected chi connectivity index (χ2v) is 6.29. The van der Waals surface area contributed by atoms with Crippen LogP contribution in [0.15, 0.2) is 24.3 Å². The minimum absolute atomic E-state index is 0.117. The van der Waals surface area contributed by atoms with Crippen LogP contribution in [0.3, 0.4) is 0 Å². The van der Waals surface area contributed by atoms with E-state index in [-0.39, 0.29) is 11.4 Å². The van der Waals surface area contributed by atoms with Gasteiger partial charge in [0.25, 0.3) is 0 Å². The minimum Gasteiger partial charge on any atom is -0.469 e. The molecule has 2 N–H and O–H groups in total. The molecule has 2 rings (SSSR count). The van der Waals surface area contributed by atoms with Crippen molar-refractivity contribution in [2.45, 2.75) is 25.0 Å². The number of thioether (sulfide) groups is 1. The first-order valence-corrected chi connectivity index (χ1v) is 7.73. The molecule has 0 saturated heterocycles. The monoisotopic (exact) mass is 293 g/mol. The van der Waals surface area contributed by atoms with Gasteiger partial charge in [0.15, 0.2) is 0 Å². The maximum Gasteiger partial charge on any atom is 0.306 e. The number of benzene rings is 1. The maximum absolute atomic E-state index is 11.3. The van der Waals surface area contributed by atoms with Crippen LogP contribution >= 0.6 is 11.8 Å². The summed E-state index contributed by atoms with van der Waals surface area (Å²) in [6.45, 7) is 0. The first-order valence-electron chi connectivity index (χ1n) is 6.58. The molecule has 1 fully saturated rings. The zero-order valence-electron chi connectivity index (χ0n) is 11.6. The van der Waals surface area contributed by atoms with Gasteiger partial charge in [-0.25, -0.2) is 0 Å². The number of carbonyl (C=O) groups excluding carboxylic acids is 2. The number of ether oxygens (including phenoxy) is 1. The Kier molecular flexibility index (Phi) is 4.70. The van der Waals surface area contributed by atoms with E-state index in [9.17, 15) is 9.59 Å². The lowest BCUT2D eigenvalue weighted by Gasteiger charge is -2.13. The van der Waals surface area contributed by atoms with Gasteiger partial charge < -0.3 is 10.5 Å². The summed E-state index contributed by atoms with van der Waals surface area (Å²) in [5, 5.41) is 0. The van der Waals surface area contributed by atoms with Crippen molar-refractivity contribution in [1.29, 1.82) is 0 Å². The summed E-state index contributed by atoms with van der Waals surface area (Å²) >= 11 is 1.82. The van der Waals surface area contributed by atoms with Crippen LogP contribution in [-0.4, -0.2) is 24.7 Å². The smallest absolute Gasteiger partial charge is 0.306 e. The number of primary amides is 1. The van der Waals surface area contributed by atoms with E-state index in [1.54, 1.807) is 12.1 Å². The Balaban J connectivity index is 1.78. The van der Waals surface area contributed by atoms with Crippen molar-refractivity contribution >= 4 is 23.6 Å². The van der Waals surface area contributed by atoms with Crippen LogP contribution in [0.4, 0.5) is 0 Å². The van der Waals surface area contributed by atoms with Gasteiger partial charge in [-0.3, -0.25) is 9.59 Å². The number of hydrogen-bond donors (Lipinski definition) is 1. The average molecular weight is 293 g/mol. The molecular weight excluding hydrogens is 274 g/mol. The SMILES string of the molecule is COC(=O)CC1(CSCc2ccc(C(N)=O)cc2)CC1. The summed E-state index contributed by atoms with van der Waals surface area (Å²) in [5.41, 5.74) is 7.05. The van der Waals surface area contributed by atoms with Gasteiger partial charge in [-0.05, 0) is 41.7 Å². The predicted molar refractivity (Wildman–Crippen MR) is 79.4 cm³/mol. The standard InChI is InChI=1S/C15H19NO3S/c1-19-13(17)8-15(6-7-15)10-20-9-11-2-4-12(5-3-11)14(16)18/h2-5H,6-10H2,1H3,(H2,16,18). The lowest BCUT2D eigenvalue weighted by atomic mass is 10.1. The normalized spacial score (nSPS) is 15.7. The Morgan fingerprint density at radius 1 is 1.30 bits per heavy atom. The molecule has 0 bridgehead atoms. The molecular formula is C15H19NO3S. The third-order valence-corrected chi connectivity index (χ3v) is 4.97. The lowest BCUT2D eigenvalue weighted by Crippen LogP contribution is -2.13. The molecule has 0 unspecified atom stereocenters. The van der Waals surface area contributed by atoms with Crippen LogP contribution < -0.4 is 5.73 Å². The molecule has 1 aliphatic carbocycles. The maximum atomic E-state index is 11.3. The lowest BCUT2D eigenvalue weighted by molar-refractivity contribution is -0.141. The molecule has 0 aromatic heterocycles. The molecule has 0 atom stereocenters. The highest BCUT2D eigenvalue weighted by molar-refractivity contribution is 7.98. The Labute approximate surface area is 123 Å². The summed E-state index contributed by atoms with van der Waals surface area (Å²) < 4.78 is 4.73. The second kappa shape index (κ2) is 6.31. The summed E-state index contributed by atoms with van der Waals surface area (Å²) in [5.74, 6) is 1.33. The van der Waals surface area contributed by atoms with Crippen molar-refractivity contribution in [2.24, 2.45) is 11.1 Å². The molecule has 1 aromatic carbocycles. The average Bonchev–Trinajstić information content (AvgIpc) is 3.19. The summed E-state index contributed by atoms with van der Waals surface area (Å²) in [6.07, 6.45) is 2.74. The Morgan fingerprint density at radius 2 is 1.95 bits per heavy atom. The summed E-state index contributed by atoms with van der Waals surface area (Å²) in [7, 11) is 1.44. The van der Waals surface area contributed by atoms with Gasteiger partial charge >= 0.3 is 5.97 Å². The third kappa shape index (κ3) is 4.00. The van der Waals surface area contributed by atoms with Gasteiger partial charge in [0.2, 0.25) is 5.91 Å². The van der Waals surface area contributed by atoms with Crippen LogP contribution in [-0.2, 0) is 15.3 Å². The number of methoxy groups -OCH3 is 1. The molecule has 0 radical (unpaired) electrons. The van der Waals surface area contributed by atoms with Crippen molar-refractivity contribution in [3.63, 3.8) is 0 Å². The number of amides is 1. The molecule has 4 nitrogen and oxygen atoms in total. The van der Waals surface area contributed by atoms with Crippen LogP contribution in [0.25, 0.3) is 0 Å². The van der Waals surface area contributed by atoms with Gasteiger partial charge in [0, 0.05) is 11.3 Å². The number of rotatable bonds is 7. The topological polar surface area (TPSA) is 69.4 Å². The van der Waals surface area contributed by atoms with E-state index < -0.39 is 5.91 Å². The molecule has 1 amide bonds. The zero-order chi connectivity index (χ0) is 14.6.